The van der Waals surface area contributed by atoms with Crippen LogP contribution in [0.2, 0.25) is 0 Å². The number of anilines is 1. The van der Waals surface area contributed by atoms with Gasteiger partial charge in [-0.25, -0.2) is 8.78 Å². The van der Waals surface area contributed by atoms with Crippen molar-refractivity contribution < 1.29 is 18.4 Å². The summed E-state index contributed by atoms with van der Waals surface area (Å²) in [5.74, 6) is -3.80. The van der Waals surface area contributed by atoms with E-state index in [2.05, 4.69) is 10.6 Å². The molecule has 3 aromatic carbocycles. The molecule has 0 fully saturated rings. The van der Waals surface area contributed by atoms with Crippen LogP contribution in [0.4, 0.5) is 14.5 Å². The summed E-state index contributed by atoms with van der Waals surface area (Å²) in [7, 11) is 0. The molecule has 0 bridgehead atoms. The standard InChI is InChI=1S/C22H18F2N2O2/c23-17-11-12-20(19(24)13-17)26-22(28)21(27)25-14-18(15-7-3-1-4-8-15)16-9-5-2-6-10-16/h1-13,18H,14H2,(H,25,27)(H,26,28). The summed E-state index contributed by atoms with van der Waals surface area (Å²) in [6.07, 6.45) is 0. The van der Waals surface area contributed by atoms with E-state index in [-0.39, 0.29) is 18.2 Å². The van der Waals surface area contributed by atoms with Crippen LogP contribution in [0, 0.1) is 11.6 Å². The predicted octanol–water partition coefficient (Wildman–Crippen LogP) is 3.85. The van der Waals surface area contributed by atoms with E-state index >= 15 is 0 Å². The minimum Gasteiger partial charge on any atom is -0.347 e. The van der Waals surface area contributed by atoms with Crippen LogP contribution in [0.15, 0.2) is 78.9 Å². The fourth-order valence-corrected chi connectivity index (χ4v) is 2.84. The molecule has 0 aromatic heterocycles. The van der Waals surface area contributed by atoms with Crippen molar-refractivity contribution in [3.05, 3.63) is 102 Å². The van der Waals surface area contributed by atoms with Crippen LogP contribution in [0.5, 0.6) is 0 Å². The van der Waals surface area contributed by atoms with Gasteiger partial charge in [-0.3, -0.25) is 9.59 Å². The lowest BCUT2D eigenvalue weighted by molar-refractivity contribution is -0.136. The molecule has 3 rings (SSSR count). The van der Waals surface area contributed by atoms with Crippen molar-refractivity contribution in [2.75, 3.05) is 11.9 Å². The topological polar surface area (TPSA) is 58.2 Å². The maximum Gasteiger partial charge on any atom is 0.313 e. The molecule has 0 saturated carbocycles. The Labute approximate surface area is 161 Å². The number of hydrogen-bond donors (Lipinski definition) is 2. The van der Waals surface area contributed by atoms with E-state index in [1.807, 2.05) is 60.7 Å². The predicted molar refractivity (Wildman–Crippen MR) is 103 cm³/mol. The lowest BCUT2D eigenvalue weighted by Gasteiger charge is -2.18. The van der Waals surface area contributed by atoms with Crippen molar-refractivity contribution in [3.8, 4) is 0 Å². The van der Waals surface area contributed by atoms with Gasteiger partial charge in [0.15, 0.2) is 0 Å². The largest absolute Gasteiger partial charge is 0.347 e. The third-order valence-electron chi connectivity index (χ3n) is 4.26. The number of rotatable bonds is 5. The zero-order valence-electron chi connectivity index (χ0n) is 14.9. The summed E-state index contributed by atoms with van der Waals surface area (Å²) < 4.78 is 26.6. The van der Waals surface area contributed by atoms with Crippen molar-refractivity contribution in [3.63, 3.8) is 0 Å². The molecular formula is C22H18F2N2O2. The summed E-state index contributed by atoms with van der Waals surface area (Å²) in [6.45, 7) is 0.187. The van der Waals surface area contributed by atoms with Crippen LogP contribution >= 0.6 is 0 Å². The molecule has 0 spiro atoms. The van der Waals surface area contributed by atoms with Gasteiger partial charge in [-0.2, -0.15) is 0 Å². The van der Waals surface area contributed by atoms with Crippen molar-refractivity contribution >= 4 is 17.5 Å². The van der Waals surface area contributed by atoms with Crippen molar-refractivity contribution in [2.45, 2.75) is 5.92 Å². The van der Waals surface area contributed by atoms with Gasteiger partial charge in [0.2, 0.25) is 0 Å². The van der Waals surface area contributed by atoms with Crippen LogP contribution in [0.1, 0.15) is 17.0 Å². The van der Waals surface area contributed by atoms with Gasteiger partial charge in [0.25, 0.3) is 0 Å². The molecule has 142 valence electrons. The molecule has 0 radical (unpaired) electrons. The molecule has 3 aromatic rings. The molecule has 6 heteroatoms. The zero-order chi connectivity index (χ0) is 19.9. The maximum atomic E-state index is 13.6. The van der Waals surface area contributed by atoms with Crippen LogP contribution in [-0.4, -0.2) is 18.4 Å². The second-order valence-electron chi connectivity index (χ2n) is 6.16. The van der Waals surface area contributed by atoms with Gasteiger partial charge in [-0.1, -0.05) is 60.7 Å². The number of hydrogen-bond acceptors (Lipinski definition) is 2. The van der Waals surface area contributed by atoms with E-state index in [1.165, 1.54) is 0 Å². The molecule has 0 saturated heterocycles. The average Bonchev–Trinajstić information content (AvgIpc) is 2.71. The zero-order valence-corrected chi connectivity index (χ0v) is 14.9. The Morgan fingerprint density at radius 3 is 1.89 bits per heavy atom. The highest BCUT2D eigenvalue weighted by Crippen LogP contribution is 2.23. The van der Waals surface area contributed by atoms with E-state index in [0.29, 0.717) is 6.07 Å². The third-order valence-corrected chi connectivity index (χ3v) is 4.26. The SMILES string of the molecule is O=C(NCC(c1ccccc1)c1ccccc1)C(=O)Nc1ccc(F)cc1F. The molecule has 2 N–H and O–H groups in total. The quantitative estimate of drug-likeness (QED) is 0.661. The molecule has 28 heavy (non-hydrogen) atoms. The van der Waals surface area contributed by atoms with Crippen LogP contribution in [0.25, 0.3) is 0 Å². The van der Waals surface area contributed by atoms with Gasteiger partial charge in [-0.05, 0) is 23.3 Å². The minimum atomic E-state index is -1.02. The fourth-order valence-electron chi connectivity index (χ4n) is 2.84. The Morgan fingerprint density at radius 2 is 1.36 bits per heavy atom. The van der Waals surface area contributed by atoms with E-state index < -0.39 is 23.4 Å². The van der Waals surface area contributed by atoms with Crippen molar-refractivity contribution in [1.29, 1.82) is 0 Å². The van der Waals surface area contributed by atoms with Gasteiger partial charge in [0, 0.05) is 18.5 Å². The Hall–Kier alpha value is -3.54. The van der Waals surface area contributed by atoms with E-state index in [4.69, 9.17) is 0 Å². The first-order chi connectivity index (χ1) is 13.5. The highest BCUT2D eigenvalue weighted by atomic mass is 19.1. The molecular weight excluding hydrogens is 362 g/mol. The Balaban J connectivity index is 1.69. The lowest BCUT2D eigenvalue weighted by Crippen LogP contribution is -2.38. The molecule has 0 atom stereocenters. The number of nitrogens with one attached hydrogen (secondary N) is 2. The van der Waals surface area contributed by atoms with Gasteiger partial charge >= 0.3 is 11.8 Å². The fraction of sp³-hybridized carbons (Fsp3) is 0.0909. The minimum absolute atomic E-state index is 0.151. The second kappa shape index (κ2) is 8.90. The van der Waals surface area contributed by atoms with Crippen LogP contribution in [0.3, 0.4) is 0 Å². The molecule has 0 unspecified atom stereocenters. The van der Waals surface area contributed by atoms with Crippen molar-refractivity contribution in [2.24, 2.45) is 0 Å². The first-order valence-corrected chi connectivity index (χ1v) is 8.68. The molecule has 0 aliphatic heterocycles. The lowest BCUT2D eigenvalue weighted by atomic mass is 9.91. The summed E-state index contributed by atoms with van der Waals surface area (Å²) in [5.41, 5.74) is 1.71. The second-order valence-corrected chi connectivity index (χ2v) is 6.16. The highest BCUT2D eigenvalue weighted by Gasteiger charge is 2.19. The smallest absolute Gasteiger partial charge is 0.313 e. The molecule has 0 heterocycles. The van der Waals surface area contributed by atoms with Gasteiger partial charge in [-0.15, -0.1) is 0 Å². The summed E-state index contributed by atoms with van der Waals surface area (Å²) >= 11 is 0. The Bertz CT molecular complexity index is 923. The van der Waals surface area contributed by atoms with Gasteiger partial charge in [0.1, 0.15) is 11.6 Å². The number of halogens is 2. The Morgan fingerprint density at radius 1 is 0.786 bits per heavy atom. The number of carbonyl (C=O) groups is 2. The number of carbonyl (C=O) groups excluding carboxylic acids is 2. The summed E-state index contributed by atoms with van der Waals surface area (Å²) in [4.78, 5) is 24.2. The van der Waals surface area contributed by atoms with E-state index in [9.17, 15) is 18.4 Å². The monoisotopic (exact) mass is 380 g/mol. The maximum absolute atomic E-state index is 13.6. The van der Waals surface area contributed by atoms with Crippen LogP contribution < -0.4 is 10.6 Å². The molecule has 0 aliphatic carbocycles. The molecule has 4 nitrogen and oxygen atoms in total. The summed E-state index contributed by atoms with van der Waals surface area (Å²) in [6, 6.07) is 21.9. The van der Waals surface area contributed by atoms with E-state index in [1.54, 1.807) is 0 Å². The first kappa shape index (κ1) is 19.2. The summed E-state index contributed by atoms with van der Waals surface area (Å²) in [5, 5.41) is 4.73. The van der Waals surface area contributed by atoms with Gasteiger partial charge in [0.05, 0.1) is 5.69 Å². The van der Waals surface area contributed by atoms with E-state index in [0.717, 1.165) is 23.3 Å². The Kier molecular flexibility index (Phi) is 6.11. The average molecular weight is 380 g/mol. The molecule has 2 amide bonds. The highest BCUT2D eigenvalue weighted by molar-refractivity contribution is 6.39. The number of benzene rings is 3. The van der Waals surface area contributed by atoms with Gasteiger partial charge < -0.3 is 10.6 Å². The van der Waals surface area contributed by atoms with Crippen molar-refractivity contribution in [1.82, 2.24) is 5.32 Å². The normalized spacial score (nSPS) is 10.5. The van der Waals surface area contributed by atoms with Crippen LogP contribution in [-0.2, 0) is 9.59 Å². The third kappa shape index (κ3) is 4.79. The molecule has 0 aliphatic rings. The number of amides is 2. The first-order valence-electron chi connectivity index (χ1n) is 8.68.